The third kappa shape index (κ3) is 4.32. The fourth-order valence-corrected chi connectivity index (χ4v) is 1.74. The molecule has 0 unspecified atom stereocenters. The van der Waals surface area contributed by atoms with Gasteiger partial charge in [0, 0.05) is 23.6 Å². The van der Waals surface area contributed by atoms with E-state index in [1.165, 1.54) is 6.20 Å². The number of nitrogens with one attached hydrogen (secondary N) is 2. The minimum absolute atomic E-state index is 0.219. The Labute approximate surface area is 129 Å². The van der Waals surface area contributed by atoms with E-state index in [0.717, 1.165) is 10.0 Å². The third-order valence-corrected chi connectivity index (χ3v) is 2.98. The number of anilines is 1. The van der Waals surface area contributed by atoms with Crippen LogP contribution >= 0.6 is 27.5 Å². The van der Waals surface area contributed by atoms with E-state index < -0.39 is 6.03 Å². The molecular weight excluding hydrogens is 344 g/mol. The lowest BCUT2D eigenvalue weighted by Gasteiger charge is -2.02. The highest BCUT2D eigenvalue weighted by Gasteiger charge is 2.01. The van der Waals surface area contributed by atoms with E-state index in [9.17, 15) is 4.79 Å². The molecule has 0 bridgehead atoms. The maximum atomic E-state index is 11.6. The first kappa shape index (κ1) is 14.5. The molecule has 2 N–H and O–H groups in total. The normalized spacial score (nSPS) is 10.5. The highest BCUT2D eigenvalue weighted by atomic mass is 79.9. The van der Waals surface area contributed by atoms with Crippen molar-refractivity contribution in [2.24, 2.45) is 0 Å². The fraction of sp³-hybridized carbons (Fsp3) is 0. The van der Waals surface area contributed by atoms with E-state index in [2.05, 4.69) is 36.5 Å². The fourth-order valence-electron chi connectivity index (χ4n) is 1.33. The molecule has 2 rings (SSSR count). The number of benzene rings is 1. The predicted octanol–water partition coefficient (Wildman–Crippen LogP) is 3.68. The smallest absolute Gasteiger partial charge is 0.314 e. The number of urea groups is 1. The third-order valence-electron chi connectivity index (χ3n) is 2.23. The zero-order valence-electron chi connectivity index (χ0n) is 10.2. The van der Waals surface area contributed by atoms with Gasteiger partial charge in [0.2, 0.25) is 5.95 Å². The van der Waals surface area contributed by atoms with Crippen LogP contribution in [-0.2, 0) is 0 Å². The molecule has 0 fully saturated rings. The second kappa shape index (κ2) is 7.02. The Morgan fingerprint density at radius 1 is 1.25 bits per heavy atom. The predicted molar refractivity (Wildman–Crippen MR) is 82.4 cm³/mol. The number of rotatable bonds is 3. The van der Waals surface area contributed by atoms with E-state index in [0.29, 0.717) is 5.02 Å². The van der Waals surface area contributed by atoms with E-state index in [1.807, 2.05) is 18.2 Å². The Morgan fingerprint density at radius 2 is 1.95 bits per heavy atom. The van der Waals surface area contributed by atoms with Crippen LogP contribution in [0.2, 0.25) is 5.02 Å². The zero-order chi connectivity index (χ0) is 14.4. The summed E-state index contributed by atoms with van der Waals surface area (Å²) in [5.41, 5.74) is 0.814. The molecule has 1 aromatic carbocycles. The summed E-state index contributed by atoms with van der Waals surface area (Å²) in [7, 11) is 0. The van der Waals surface area contributed by atoms with Gasteiger partial charge in [0.1, 0.15) is 0 Å². The Balaban J connectivity index is 1.89. The van der Waals surface area contributed by atoms with Crippen LogP contribution in [-0.4, -0.2) is 16.0 Å². The van der Waals surface area contributed by atoms with Crippen molar-refractivity contribution in [3.05, 3.63) is 57.9 Å². The van der Waals surface area contributed by atoms with Crippen molar-refractivity contribution in [2.45, 2.75) is 0 Å². The van der Waals surface area contributed by atoms with Crippen LogP contribution in [0.3, 0.4) is 0 Å². The Morgan fingerprint density at radius 3 is 2.65 bits per heavy atom. The summed E-state index contributed by atoms with van der Waals surface area (Å²) in [5.74, 6) is 0.219. The zero-order valence-corrected chi connectivity index (χ0v) is 12.5. The lowest BCUT2D eigenvalue weighted by Crippen LogP contribution is -2.24. The van der Waals surface area contributed by atoms with Crippen LogP contribution in [0.1, 0.15) is 5.56 Å². The quantitative estimate of drug-likeness (QED) is 0.884. The molecule has 2 aromatic rings. The van der Waals surface area contributed by atoms with Gasteiger partial charge in [-0.1, -0.05) is 29.8 Å². The molecule has 0 aliphatic heterocycles. The summed E-state index contributed by atoms with van der Waals surface area (Å²) in [5, 5.41) is 5.65. The largest absolute Gasteiger partial charge is 0.325 e. The number of hydrogen-bond donors (Lipinski definition) is 2. The van der Waals surface area contributed by atoms with Gasteiger partial charge >= 0.3 is 6.03 Å². The lowest BCUT2D eigenvalue weighted by atomic mass is 10.2. The van der Waals surface area contributed by atoms with E-state index >= 15 is 0 Å². The highest BCUT2D eigenvalue weighted by molar-refractivity contribution is 9.10. The van der Waals surface area contributed by atoms with E-state index in [1.54, 1.807) is 24.5 Å². The van der Waals surface area contributed by atoms with E-state index in [4.69, 9.17) is 11.6 Å². The average molecular weight is 354 g/mol. The topological polar surface area (TPSA) is 66.9 Å². The van der Waals surface area contributed by atoms with Crippen LogP contribution in [0, 0.1) is 0 Å². The van der Waals surface area contributed by atoms with Gasteiger partial charge < -0.3 is 5.32 Å². The molecule has 5 nitrogen and oxygen atoms in total. The number of carbonyl (C=O) groups is 1. The molecule has 0 aliphatic rings. The van der Waals surface area contributed by atoms with Crippen molar-refractivity contribution < 1.29 is 4.79 Å². The molecule has 7 heteroatoms. The van der Waals surface area contributed by atoms with Gasteiger partial charge in [-0.05, 0) is 33.6 Å². The summed E-state index contributed by atoms with van der Waals surface area (Å²) >= 11 is 9.19. The summed E-state index contributed by atoms with van der Waals surface area (Å²) < 4.78 is 0.738. The Hall–Kier alpha value is -1.92. The van der Waals surface area contributed by atoms with Crippen LogP contribution in [0.4, 0.5) is 10.7 Å². The maximum Gasteiger partial charge on any atom is 0.325 e. The second-order valence-electron chi connectivity index (χ2n) is 3.68. The number of hydrogen-bond acceptors (Lipinski definition) is 3. The van der Waals surface area contributed by atoms with Gasteiger partial charge in [0.25, 0.3) is 0 Å². The number of aromatic nitrogens is 2. The molecule has 1 aromatic heterocycles. The molecule has 0 saturated heterocycles. The van der Waals surface area contributed by atoms with Gasteiger partial charge in [-0.25, -0.2) is 14.8 Å². The minimum Gasteiger partial charge on any atom is -0.314 e. The number of nitrogens with zero attached hydrogens (tertiary/aromatic N) is 2. The van der Waals surface area contributed by atoms with Gasteiger partial charge in [-0.3, -0.25) is 5.32 Å². The monoisotopic (exact) mass is 352 g/mol. The maximum absolute atomic E-state index is 11.6. The molecular formula is C13H10BrClN4O. The standard InChI is InChI=1S/C13H10BrClN4O/c14-10-7-17-12(18-8-10)19-13(20)16-6-5-9-3-1-2-4-11(9)15/h1-8H,(H2,16,17,18,19,20)/b6-5+. The van der Waals surface area contributed by atoms with E-state index in [-0.39, 0.29) is 5.95 Å². The molecule has 0 aliphatic carbocycles. The molecule has 1 heterocycles. The van der Waals surface area contributed by atoms with Gasteiger partial charge in [0.05, 0.1) is 4.47 Å². The summed E-state index contributed by atoms with van der Waals surface area (Å²) in [6, 6.07) is 6.88. The number of halogens is 2. The number of amides is 2. The SMILES string of the molecule is O=C(N/C=C/c1ccccc1Cl)Nc1ncc(Br)cn1. The second-order valence-corrected chi connectivity index (χ2v) is 5.00. The average Bonchev–Trinajstić information content (AvgIpc) is 2.43. The summed E-state index contributed by atoms with van der Waals surface area (Å²) in [4.78, 5) is 19.4. The molecule has 0 saturated carbocycles. The van der Waals surface area contributed by atoms with Gasteiger partial charge in [0.15, 0.2) is 0 Å². The first-order valence-corrected chi connectivity index (χ1v) is 6.78. The molecule has 102 valence electrons. The first-order valence-electron chi connectivity index (χ1n) is 5.61. The van der Waals surface area contributed by atoms with Crippen molar-refractivity contribution in [2.75, 3.05) is 5.32 Å². The Kier molecular flexibility index (Phi) is 5.09. The van der Waals surface area contributed by atoms with Crippen LogP contribution in [0.5, 0.6) is 0 Å². The lowest BCUT2D eigenvalue weighted by molar-refractivity contribution is 0.255. The van der Waals surface area contributed by atoms with Crippen molar-refractivity contribution in [1.29, 1.82) is 0 Å². The number of carbonyl (C=O) groups excluding carboxylic acids is 1. The first-order chi connectivity index (χ1) is 9.65. The molecule has 20 heavy (non-hydrogen) atoms. The van der Waals surface area contributed by atoms with Crippen molar-refractivity contribution >= 4 is 45.6 Å². The molecule has 2 amide bonds. The minimum atomic E-state index is -0.435. The van der Waals surface area contributed by atoms with Crippen molar-refractivity contribution in [3.63, 3.8) is 0 Å². The van der Waals surface area contributed by atoms with Crippen molar-refractivity contribution in [3.8, 4) is 0 Å². The van der Waals surface area contributed by atoms with Crippen molar-refractivity contribution in [1.82, 2.24) is 15.3 Å². The van der Waals surface area contributed by atoms with Crippen LogP contribution < -0.4 is 10.6 Å². The van der Waals surface area contributed by atoms with Gasteiger partial charge in [-0.15, -0.1) is 0 Å². The van der Waals surface area contributed by atoms with Gasteiger partial charge in [-0.2, -0.15) is 0 Å². The highest BCUT2D eigenvalue weighted by Crippen LogP contribution is 2.15. The molecule has 0 spiro atoms. The molecule has 0 atom stereocenters. The molecule has 0 radical (unpaired) electrons. The van der Waals surface area contributed by atoms with Crippen LogP contribution in [0.25, 0.3) is 6.08 Å². The van der Waals surface area contributed by atoms with Crippen LogP contribution in [0.15, 0.2) is 47.3 Å². The Bertz CT molecular complexity index is 631. The summed E-state index contributed by atoms with van der Waals surface area (Å²) in [6.07, 6.45) is 6.28. The summed E-state index contributed by atoms with van der Waals surface area (Å²) in [6.45, 7) is 0.